The van der Waals surface area contributed by atoms with Crippen molar-refractivity contribution in [3.63, 3.8) is 0 Å². The van der Waals surface area contributed by atoms with E-state index >= 15 is 0 Å². The van der Waals surface area contributed by atoms with Crippen molar-refractivity contribution in [3.8, 4) is 0 Å². The van der Waals surface area contributed by atoms with Gasteiger partial charge in [-0.1, -0.05) is 26.0 Å². The molecule has 6 nitrogen and oxygen atoms in total. The summed E-state index contributed by atoms with van der Waals surface area (Å²) in [7, 11) is 0. The van der Waals surface area contributed by atoms with Gasteiger partial charge in [-0.25, -0.2) is 4.79 Å². The second kappa shape index (κ2) is 7.18. The molecule has 4 rings (SSSR count). The molecule has 3 aliphatic carbocycles. The number of likely N-dealkylation sites (tertiary alicyclic amines) is 1. The Morgan fingerprint density at radius 1 is 1.12 bits per heavy atom. The Hall–Kier alpha value is -1.85. The second-order valence-corrected chi connectivity index (χ2v) is 7.50. The zero-order chi connectivity index (χ0) is 18.1. The summed E-state index contributed by atoms with van der Waals surface area (Å²) in [5.41, 5.74) is 0. The predicted octanol–water partition coefficient (Wildman–Crippen LogP) is 2.36. The van der Waals surface area contributed by atoms with E-state index in [0.29, 0.717) is 13.1 Å². The van der Waals surface area contributed by atoms with Gasteiger partial charge in [-0.3, -0.25) is 14.5 Å². The van der Waals surface area contributed by atoms with E-state index in [9.17, 15) is 14.4 Å². The van der Waals surface area contributed by atoms with Crippen molar-refractivity contribution < 1.29 is 14.4 Å². The third kappa shape index (κ3) is 3.07. The Kier molecular flexibility index (Phi) is 5.16. The van der Waals surface area contributed by atoms with Gasteiger partial charge in [0, 0.05) is 13.1 Å². The van der Waals surface area contributed by atoms with Crippen LogP contribution in [-0.4, -0.2) is 46.9 Å². The van der Waals surface area contributed by atoms with Crippen LogP contribution < -0.4 is 5.32 Å². The summed E-state index contributed by atoms with van der Waals surface area (Å²) in [6.45, 7) is 7.14. The fourth-order valence-corrected chi connectivity index (χ4v) is 4.67. The van der Waals surface area contributed by atoms with Crippen LogP contribution >= 0.6 is 0 Å². The number of fused-ring (bicyclic) bond motifs is 1. The Morgan fingerprint density at radius 3 is 2.00 bits per heavy atom. The van der Waals surface area contributed by atoms with Gasteiger partial charge in [0.2, 0.25) is 11.8 Å². The number of allylic oxidation sites excluding steroid dienone is 2. The Balaban J connectivity index is 1.70. The van der Waals surface area contributed by atoms with Crippen LogP contribution in [0, 0.1) is 23.7 Å². The molecular formula is C19H29N3O3. The summed E-state index contributed by atoms with van der Waals surface area (Å²) >= 11 is 0. The van der Waals surface area contributed by atoms with Crippen LogP contribution in [0.3, 0.4) is 0 Å². The third-order valence-electron chi connectivity index (χ3n) is 5.79. The van der Waals surface area contributed by atoms with Gasteiger partial charge < -0.3 is 10.2 Å². The van der Waals surface area contributed by atoms with E-state index in [-0.39, 0.29) is 41.5 Å². The van der Waals surface area contributed by atoms with Crippen molar-refractivity contribution in [1.29, 1.82) is 0 Å². The lowest BCUT2D eigenvalue weighted by atomic mass is 9.63. The van der Waals surface area contributed by atoms with E-state index in [4.69, 9.17) is 0 Å². The molecule has 0 radical (unpaired) electrons. The van der Waals surface area contributed by atoms with Crippen LogP contribution in [-0.2, 0) is 9.59 Å². The number of carbonyl (C=O) groups excluding carboxylic acids is 3. The van der Waals surface area contributed by atoms with Crippen LogP contribution in [0.5, 0.6) is 0 Å². The van der Waals surface area contributed by atoms with Crippen molar-refractivity contribution in [2.45, 2.75) is 52.6 Å². The summed E-state index contributed by atoms with van der Waals surface area (Å²) in [5, 5.41) is 2.86. The number of urea groups is 1. The maximum absolute atomic E-state index is 12.9. The normalized spacial score (nSPS) is 31.2. The molecule has 0 spiro atoms. The molecule has 4 aliphatic rings. The van der Waals surface area contributed by atoms with Gasteiger partial charge in [-0.05, 0) is 44.4 Å². The van der Waals surface area contributed by atoms with E-state index in [1.165, 1.54) is 4.90 Å². The molecule has 2 bridgehead atoms. The fourth-order valence-electron chi connectivity index (χ4n) is 4.67. The van der Waals surface area contributed by atoms with Gasteiger partial charge in [0.1, 0.15) is 6.17 Å². The standard InChI is InChI=1S/C19H29N3O3/c1-4-10-21(11-5-2)19(25)20-12(3)22-17(23)15-13-6-7-14(9-8-13)16(15)18(22)24/h6-7,12-16H,4-5,8-11H2,1-3H3,(H,20,25). The average molecular weight is 347 g/mol. The Labute approximate surface area is 149 Å². The minimum atomic E-state index is -0.603. The molecule has 0 aromatic heterocycles. The van der Waals surface area contributed by atoms with Crippen molar-refractivity contribution in [3.05, 3.63) is 12.2 Å². The summed E-state index contributed by atoms with van der Waals surface area (Å²) in [6.07, 6.45) is 7.33. The molecule has 1 saturated carbocycles. The molecule has 1 N–H and O–H groups in total. The average Bonchev–Trinajstić information content (AvgIpc) is 2.89. The predicted molar refractivity (Wildman–Crippen MR) is 94.3 cm³/mol. The van der Waals surface area contributed by atoms with Crippen molar-refractivity contribution in [1.82, 2.24) is 15.1 Å². The van der Waals surface area contributed by atoms with Gasteiger partial charge in [-0.15, -0.1) is 0 Å². The summed E-state index contributed by atoms with van der Waals surface area (Å²) in [4.78, 5) is 41.4. The summed E-state index contributed by atoms with van der Waals surface area (Å²) < 4.78 is 0. The molecule has 2 fully saturated rings. The zero-order valence-electron chi connectivity index (χ0n) is 15.4. The van der Waals surface area contributed by atoms with E-state index in [0.717, 1.165) is 25.7 Å². The molecule has 0 aromatic rings. The SMILES string of the molecule is CCCN(CCC)C(=O)NC(C)N1C(=O)C2C3C=CC(CC3)C2C1=O. The summed E-state index contributed by atoms with van der Waals surface area (Å²) in [5.74, 6) is -0.318. The number of carbonyl (C=O) groups is 3. The van der Waals surface area contributed by atoms with E-state index in [1.54, 1.807) is 11.8 Å². The minimum absolute atomic E-state index is 0.112. The highest BCUT2D eigenvalue weighted by Crippen LogP contribution is 2.49. The van der Waals surface area contributed by atoms with Crippen molar-refractivity contribution in [2.75, 3.05) is 13.1 Å². The minimum Gasteiger partial charge on any atom is -0.325 e. The van der Waals surface area contributed by atoms with Crippen LogP contribution in [0.4, 0.5) is 4.79 Å². The number of rotatable bonds is 6. The number of amides is 4. The maximum Gasteiger partial charge on any atom is 0.319 e. The zero-order valence-corrected chi connectivity index (χ0v) is 15.4. The molecule has 0 aromatic carbocycles. The van der Waals surface area contributed by atoms with Gasteiger partial charge in [-0.2, -0.15) is 0 Å². The van der Waals surface area contributed by atoms with Gasteiger partial charge in [0.05, 0.1) is 11.8 Å². The monoisotopic (exact) mass is 347 g/mol. The molecule has 1 heterocycles. The molecule has 4 amide bonds. The maximum atomic E-state index is 12.9. The molecule has 138 valence electrons. The van der Waals surface area contributed by atoms with Gasteiger partial charge in [0.15, 0.2) is 0 Å². The molecule has 1 saturated heterocycles. The number of hydrogen-bond donors (Lipinski definition) is 1. The first-order valence-electron chi connectivity index (χ1n) is 9.60. The highest BCUT2D eigenvalue weighted by molar-refractivity contribution is 6.06. The lowest BCUT2D eigenvalue weighted by molar-refractivity contribution is -0.142. The van der Waals surface area contributed by atoms with Gasteiger partial charge in [0.25, 0.3) is 0 Å². The van der Waals surface area contributed by atoms with E-state index in [2.05, 4.69) is 17.5 Å². The van der Waals surface area contributed by atoms with Crippen LogP contribution in [0.25, 0.3) is 0 Å². The second-order valence-electron chi connectivity index (χ2n) is 7.50. The smallest absolute Gasteiger partial charge is 0.319 e. The highest BCUT2D eigenvalue weighted by atomic mass is 16.2. The van der Waals surface area contributed by atoms with Gasteiger partial charge >= 0.3 is 6.03 Å². The first-order valence-corrected chi connectivity index (χ1v) is 9.60. The van der Waals surface area contributed by atoms with Crippen molar-refractivity contribution >= 4 is 17.8 Å². The third-order valence-corrected chi connectivity index (χ3v) is 5.79. The Bertz CT molecular complexity index is 550. The molecular weight excluding hydrogens is 318 g/mol. The largest absolute Gasteiger partial charge is 0.325 e. The topological polar surface area (TPSA) is 69.7 Å². The quantitative estimate of drug-likeness (QED) is 0.592. The Morgan fingerprint density at radius 2 is 1.60 bits per heavy atom. The first kappa shape index (κ1) is 18.0. The molecule has 25 heavy (non-hydrogen) atoms. The highest BCUT2D eigenvalue weighted by Gasteiger charge is 2.57. The van der Waals surface area contributed by atoms with E-state index in [1.807, 2.05) is 13.8 Å². The molecule has 5 unspecified atom stereocenters. The molecule has 6 heteroatoms. The fraction of sp³-hybridized carbons (Fsp3) is 0.737. The van der Waals surface area contributed by atoms with Crippen molar-refractivity contribution in [2.24, 2.45) is 23.7 Å². The number of nitrogens with one attached hydrogen (secondary N) is 1. The molecule has 1 aliphatic heterocycles. The molecule has 5 atom stereocenters. The number of imide groups is 1. The number of nitrogens with zero attached hydrogens (tertiary/aromatic N) is 2. The van der Waals surface area contributed by atoms with Crippen LogP contribution in [0.15, 0.2) is 12.2 Å². The summed E-state index contributed by atoms with van der Waals surface area (Å²) in [6, 6.07) is -0.201. The lowest BCUT2D eigenvalue weighted by Gasteiger charge is -2.38. The lowest BCUT2D eigenvalue weighted by Crippen LogP contribution is -2.53. The van der Waals surface area contributed by atoms with Crippen LogP contribution in [0.2, 0.25) is 0 Å². The number of hydrogen-bond acceptors (Lipinski definition) is 3. The van der Waals surface area contributed by atoms with E-state index < -0.39 is 6.17 Å². The van der Waals surface area contributed by atoms with Crippen LogP contribution in [0.1, 0.15) is 46.5 Å². The first-order chi connectivity index (χ1) is 12.0.